The third-order valence-corrected chi connectivity index (χ3v) is 8.72. The van der Waals surface area contributed by atoms with Gasteiger partial charge in [-0.05, 0) is 35.7 Å². The van der Waals surface area contributed by atoms with Gasteiger partial charge in [0.2, 0.25) is 9.39 Å². The lowest BCUT2D eigenvalue weighted by Crippen LogP contribution is -2.56. The number of halogens is 3. The summed E-state index contributed by atoms with van der Waals surface area (Å²) in [5.41, 5.74) is -1.87. The standard InChI is InChI=1S/C23H27Cl3NO6S2/c1-27(2,12-19(28)31-13-22(24,25)26)15-11-14(7-8-16-20(15)33-16)32-21(29)23(30,17-5-3-9-34-17)18-6-4-10-35-18/h3-6,9-10,14-16,20,30H,7-8,11-13H2,1-2H3/q+1/t14-,15+,16-,20+/m1/s1. The molecule has 0 bridgehead atoms. The molecular weight excluding hydrogens is 557 g/mol. The van der Waals surface area contributed by atoms with Crippen molar-refractivity contribution in [2.75, 3.05) is 27.2 Å². The molecule has 2 aliphatic rings. The lowest BCUT2D eigenvalue weighted by atomic mass is 9.99. The number of carbonyl (C=O) groups excluding carboxylic acids is 2. The number of rotatable bonds is 8. The number of epoxide rings is 1. The largest absolute Gasteiger partial charge is 0.459 e. The first-order valence-electron chi connectivity index (χ1n) is 11.1. The number of alkyl halides is 3. The Kier molecular flexibility index (Phi) is 8.11. The topological polar surface area (TPSA) is 85.4 Å². The summed E-state index contributed by atoms with van der Waals surface area (Å²) in [6, 6.07) is 6.92. The van der Waals surface area contributed by atoms with E-state index in [2.05, 4.69) is 0 Å². The predicted molar refractivity (Wildman–Crippen MR) is 136 cm³/mol. The van der Waals surface area contributed by atoms with Crippen molar-refractivity contribution >= 4 is 69.4 Å². The average Bonchev–Trinajstić information content (AvgIpc) is 3.15. The molecule has 1 N–H and O–H groups in total. The van der Waals surface area contributed by atoms with Crippen molar-refractivity contribution in [1.29, 1.82) is 0 Å². The van der Waals surface area contributed by atoms with Crippen LogP contribution in [-0.2, 0) is 29.4 Å². The zero-order valence-electron chi connectivity index (χ0n) is 19.2. The number of esters is 2. The van der Waals surface area contributed by atoms with E-state index in [4.69, 9.17) is 49.0 Å². The molecule has 3 heterocycles. The van der Waals surface area contributed by atoms with Crippen LogP contribution < -0.4 is 0 Å². The molecule has 7 nitrogen and oxygen atoms in total. The van der Waals surface area contributed by atoms with E-state index in [0.717, 1.165) is 6.42 Å². The molecule has 0 aromatic carbocycles. The second-order valence-corrected chi connectivity index (χ2v) is 13.8. The molecule has 1 saturated carbocycles. The molecule has 2 aromatic rings. The van der Waals surface area contributed by atoms with Crippen LogP contribution >= 0.6 is 57.5 Å². The molecule has 1 aliphatic heterocycles. The van der Waals surface area contributed by atoms with Crippen LogP contribution in [0.2, 0.25) is 0 Å². The highest BCUT2D eigenvalue weighted by atomic mass is 35.6. The van der Waals surface area contributed by atoms with Crippen LogP contribution in [0.3, 0.4) is 0 Å². The summed E-state index contributed by atoms with van der Waals surface area (Å²) < 4.78 is 15.5. The van der Waals surface area contributed by atoms with Crippen LogP contribution in [0.1, 0.15) is 29.0 Å². The number of nitrogens with zero attached hydrogens (tertiary/aromatic N) is 1. The maximum atomic E-state index is 13.4. The van der Waals surface area contributed by atoms with E-state index >= 15 is 0 Å². The van der Waals surface area contributed by atoms with Gasteiger partial charge >= 0.3 is 11.9 Å². The Morgan fingerprint density at radius 3 is 2.31 bits per heavy atom. The zero-order valence-corrected chi connectivity index (χ0v) is 23.1. The van der Waals surface area contributed by atoms with Gasteiger partial charge in [0.05, 0.1) is 30.0 Å². The van der Waals surface area contributed by atoms with Gasteiger partial charge in [-0.3, -0.25) is 0 Å². The van der Waals surface area contributed by atoms with Gasteiger partial charge in [0.15, 0.2) is 6.54 Å². The van der Waals surface area contributed by atoms with Gasteiger partial charge in [-0.1, -0.05) is 46.9 Å². The van der Waals surface area contributed by atoms with Crippen LogP contribution in [0.15, 0.2) is 35.0 Å². The van der Waals surface area contributed by atoms with Gasteiger partial charge in [0.1, 0.15) is 24.9 Å². The van der Waals surface area contributed by atoms with E-state index in [0.29, 0.717) is 22.6 Å². The monoisotopic (exact) mass is 582 g/mol. The Morgan fingerprint density at radius 2 is 1.77 bits per heavy atom. The molecular formula is C23H27Cl3NO6S2+. The fourth-order valence-electron chi connectivity index (χ4n) is 4.57. The lowest BCUT2D eigenvalue weighted by Gasteiger charge is -2.38. The number of quaternary nitrogens is 1. The van der Waals surface area contributed by atoms with Gasteiger partial charge in [-0.15, -0.1) is 22.7 Å². The quantitative estimate of drug-likeness (QED) is 0.216. The summed E-state index contributed by atoms with van der Waals surface area (Å²) in [6.45, 7) is -0.305. The van der Waals surface area contributed by atoms with Gasteiger partial charge in [0.25, 0.3) is 0 Å². The molecule has 0 radical (unpaired) electrons. The first kappa shape index (κ1) is 27.1. The minimum absolute atomic E-state index is 0.0347. The van der Waals surface area contributed by atoms with E-state index in [1.54, 1.807) is 24.3 Å². The molecule has 2 aromatic heterocycles. The first-order chi connectivity index (χ1) is 16.4. The van der Waals surface area contributed by atoms with Crippen molar-refractivity contribution in [2.45, 2.75) is 53.0 Å². The Balaban J connectivity index is 1.47. The van der Waals surface area contributed by atoms with Crippen LogP contribution in [0, 0.1) is 0 Å². The van der Waals surface area contributed by atoms with Crippen molar-refractivity contribution in [3.05, 3.63) is 44.8 Å². The third-order valence-electron chi connectivity index (χ3n) is 6.43. The van der Waals surface area contributed by atoms with Crippen LogP contribution in [-0.4, -0.2) is 76.9 Å². The van der Waals surface area contributed by atoms with Crippen LogP contribution in [0.4, 0.5) is 0 Å². The molecule has 1 aliphatic carbocycles. The maximum Gasteiger partial charge on any atom is 0.361 e. The number of ether oxygens (including phenoxy) is 3. The Labute approximate surface area is 227 Å². The van der Waals surface area contributed by atoms with Crippen LogP contribution in [0.5, 0.6) is 0 Å². The molecule has 2 fully saturated rings. The summed E-state index contributed by atoms with van der Waals surface area (Å²) in [4.78, 5) is 26.9. The maximum absolute atomic E-state index is 13.4. The molecule has 0 spiro atoms. The van der Waals surface area contributed by atoms with Crippen molar-refractivity contribution in [2.24, 2.45) is 0 Å². The fraction of sp³-hybridized carbons (Fsp3) is 0.565. The highest BCUT2D eigenvalue weighted by molar-refractivity contribution is 7.12. The lowest BCUT2D eigenvalue weighted by molar-refractivity contribution is -0.909. The fourth-order valence-corrected chi connectivity index (χ4v) is 6.45. The van der Waals surface area contributed by atoms with Crippen molar-refractivity contribution < 1.29 is 33.4 Å². The normalized spacial score (nSPS) is 24.9. The second kappa shape index (κ2) is 10.5. The van der Waals surface area contributed by atoms with Crippen molar-refractivity contribution in [3.63, 3.8) is 0 Å². The molecule has 4 rings (SSSR count). The first-order valence-corrected chi connectivity index (χ1v) is 14.0. The van der Waals surface area contributed by atoms with Gasteiger partial charge in [-0.2, -0.15) is 0 Å². The van der Waals surface area contributed by atoms with Gasteiger partial charge < -0.3 is 23.8 Å². The molecule has 4 atom stereocenters. The number of fused-ring (bicyclic) bond motifs is 1. The molecule has 35 heavy (non-hydrogen) atoms. The van der Waals surface area contributed by atoms with E-state index in [1.807, 2.05) is 24.9 Å². The summed E-state index contributed by atoms with van der Waals surface area (Å²) in [5, 5.41) is 15.2. The smallest absolute Gasteiger partial charge is 0.361 e. The highest BCUT2D eigenvalue weighted by Gasteiger charge is 2.56. The number of carbonyl (C=O) groups is 2. The predicted octanol–water partition coefficient (Wildman–Crippen LogP) is 4.27. The Bertz CT molecular complexity index is 990. The second-order valence-electron chi connectivity index (χ2n) is 9.42. The van der Waals surface area contributed by atoms with Crippen molar-refractivity contribution in [1.82, 2.24) is 0 Å². The minimum atomic E-state index is -1.87. The zero-order chi connectivity index (χ0) is 25.4. The number of thiophene rings is 2. The highest BCUT2D eigenvalue weighted by Crippen LogP contribution is 2.42. The average molecular weight is 584 g/mol. The number of aliphatic hydroxyl groups is 1. The van der Waals surface area contributed by atoms with Crippen molar-refractivity contribution in [3.8, 4) is 0 Å². The van der Waals surface area contributed by atoms with Gasteiger partial charge in [0, 0.05) is 6.42 Å². The summed E-state index contributed by atoms with van der Waals surface area (Å²) in [7, 11) is 3.80. The Morgan fingerprint density at radius 1 is 1.14 bits per heavy atom. The van der Waals surface area contributed by atoms with Gasteiger partial charge in [-0.25, -0.2) is 9.59 Å². The van der Waals surface area contributed by atoms with Crippen LogP contribution in [0.25, 0.3) is 0 Å². The molecule has 0 amide bonds. The summed E-state index contributed by atoms with van der Waals surface area (Å²) in [6.07, 6.45) is 1.36. The van der Waals surface area contributed by atoms with E-state index in [-0.39, 0.29) is 35.9 Å². The number of likely N-dealkylation sites (N-methyl/N-ethyl adjacent to an activating group) is 1. The molecule has 1 saturated heterocycles. The number of hydrogen-bond acceptors (Lipinski definition) is 8. The SMILES string of the molecule is C[N+](C)(CC(=O)OCC(Cl)(Cl)Cl)[C@H]1C[C@H](OC(=O)C(O)(c2cccs2)c2cccs2)CC[C@H]2O[C@H]21. The molecule has 192 valence electrons. The molecule has 0 unspecified atom stereocenters. The summed E-state index contributed by atoms with van der Waals surface area (Å²) >= 11 is 19.7. The number of hydrogen-bond donors (Lipinski definition) is 1. The third kappa shape index (κ3) is 6.33. The molecule has 12 heteroatoms. The minimum Gasteiger partial charge on any atom is -0.459 e. The Hall–Kier alpha value is -0.910. The van der Waals surface area contributed by atoms with E-state index < -0.39 is 27.4 Å². The summed E-state index contributed by atoms with van der Waals surface area (Å²) in [5.74, 6) is -1.20. The van der Waals surface area contributed by atoms with E-state index in [1.165, 1.54) is 22.7 Å². The van der Waals surface area contributed by atoms with E-state index in [9.17, 15) is 14.7 Å².